The predicted molar refractivity (Wildman–Crippen MR) is 103 cm³/mol. The van der Waals surface area contributed by atoms with Crippen LogP contribution in [0.1, 0.15) is 41.9 Å². The van der Waals surface area contributed by atoms with E-state index in [1.165, 1.54) is 4.68 Å². The summed E-state index contributed by atoms with van der Waals surface area (Å²) in [5.41, 5.74) is 0.599. The number of benzene rings is 1. The van der Waals surface area contributed by atoms with Gasteiger partial charge in [-0.05, 0) is 37.3 Å². The van der Waals surface area contributed by atoms with E-state index in [4.69, 9.17) is 0 Å². The highest BCUT2D eigenvalue weighted by atomic mass is 16.2. The van der Waals surface area contributed by atoms with Gasteiger partial charge in [-0.15, -0.1) is 0 Å². The monoisotopic (exact) mass is 365 g/mol. The van der Waals surface area contributed by atoms with E-state index in [0.29, 0.717) is 18.7 Å². The zero-order chi connectivity index (χ0) is 19.0. The van der Waals surface area contributed by atoms with Crippen molar-refractivity contribution in [2.75, 3.05) is 13.1 Å². The lowest BCUT2D eigenvalue weighted by Gasteiger charge is -2.32. The van der Waals surface area contributed by atoms with Gasteiger partial charge in [0, 0.05) is 55.9 Å². The van der Waals surface area contributed by atoms with Crippen LogP contribution in [0.25, 0.3) is 10.8 Å². The lowest BCUT2D eigenvalue weighted by Crippen LogP contribution is -2.40. The fourth-order valence-electron chi connectivity index (χ4n) is 3.97. The van der Waals surface area contributed by atoms with Crippen LogP contribution in [-0.2, 0) is 13.6 Å². The maximum absolute atomic E-state index is 13.2. The molecule has 1 aliphatic rings. The van der Waals surface area contributed by atoms with Crippen LogP contribution in [0.2, 0.25) is 0 Å². The molecule has 4 rings (SSSR count). The molecule has 1 saturated heterocycles. The average molecular weight is 365 g/mol. The van der Waals surface area contributed by atoms with E-state index in [1.54, 1.807) is 24.0 Å². The first kappa shape index (κ1) is 17.5. The Kier molecular flexibility index (Phi) is 4.51. The minimum atomic E-state index is -0.0995. The molecule has 3 heterocycles. The molecule has 0 N–H and O–H groups in total. The third-order valence-corrected chi connectivity index (χ3v) is 5.34. The first-order chi connectivity index (χ1) is 13.1. The van der Waals surface area contributed by atoms with E-state index >= 15 is 0 Å². The van der Waals surface area contributed by atoms with E-state index in [1.807, 2.05) is 36.1 Å². The number of carbonyl (C=O) groups is 1. The summed E-state index contributed by atoms with van der Waals surface area (Å²) in [5, 5.41) is 6.32. The third kappa shape index (κ3) is 3.03. The minimum Gasteiger partial charge on any atom is -0.338 e. The van der Waals surface area contributed by atoms with Gasteiger partial charge in [0.1, 0.15) is 5.82 Å². The molecule has 1 fully saturated rings. The number of aromatic nitrogens is 4. The van der Waals surface area contributed by atoms with Crippen LogP contribution in [-0.4, -0.2) is 43.2 Å². The lowest BCUT2D eigenvalue weighted by atomic mass is 9.96. The second kappa shape index (κ2) is 6.98. The SMILES string of the molecule is CCn1c([C@@H]2CCCN(C(=O)c3cccc4cnccc34)C2)nn(C)c1=O. The smallest absolute Gasteiger partial charge is 0.338 e. The molecule has 0 spiro atoms. The van der Waals surface area contributed by atoms with Crippen molar-refractivity contribution in [1.29, 1.82) is 0 Å². The number of nitrogens with zero attached hydrogens (tertiary/aromatic N) is 5. The fourth-order valence-corrected chi connectivity index (χ4v) is 3.97. The Bertz CT molecular complexity index is 1050. The first-order valence-corrected chi connectivity index (χ1v) is 9.36. The van der Waals surface area contributed by atoms with Crippen molar-refractivity contribution in [2.45, 2.75) is 32.2 Å². The van der Waals surface area contributed by atoms with Crippen LogP contribution in [0.15, 0.2) is 41.5 Å². The zero-order valence-corrected chi connectivity index (χ0v) is 15.6. The zero-order valence-electron chi connectivity index (χ0n) is 15.6. The number of aryl methyl sites for hydroxylation is 1. The van der Waals surface area contributed by atoms with Crippen molar-refractivity contribution >= 4 is 16.7 Å². The van der Waals surface area contributed by atoms with Gasteiger partial charge in [0.25, 0.3) is 5.91 Å². The van der Waals surface area contributed by atoms with Gasteiger partial charge in [-0.25, -0.2) is 9.48 Å². The molecular formula is C20H23N5O2. The summed E-state index contributed by atoms with van der Waals surface area (Å²) in [6.07, 6.45) is 5.32. The molecule has 0 unspecified atom stereocenters. The average Bonchev–Trinajstić information content (AvgIpc) is 3.01. The quantitative estimate of drug-likeness (QED) is 0.713. The Morgan fingerprint density at radius 2 is 2.15 bits per heavy atom. The molecule has 0 aliphatic carbocycles. The molecule has 27 heavy (non-hydrogen) atoms. The second-order valence-electron chi connectivity index (χ2n) is 7.00. The topological polar surface area (TPSA) is 73.0 Å². The Balaban J connectivity index is 1.64. The van der Waals surface area contributed by atoms with Gasteiger partial charge in [0.15, 0.2) is 0 Å². The summed E-state index contributed by atoms with van der Waals surface area (Å²) < 4.78 is 3.10. The van der Waals surface area contributed by atoms with Gasteiger partial charge >= 0.3 is 5.69 Å². The summed E-state index contributed by atoms with van der Waals surface area (Å²) in [5.74, 6) is 0.885. The number of pyridine rings is 1. The normalized spacial score (nSPS) is 17.4. The standard InChI is InChI=1S/C20H23N5O2/c1-3-25-18(22-23(2)20(25)27)15-7-5-11-24(13-15)19(26)17-8-4-6-14-12-21-10-9-16(14)17/h4,6,8-10,12,15H,3,5,7,11,13H2,1-2H3/t15-/m1/s1. The molecule has 1 aliphatic heterocycles. The van der Waals surface area contributed by atoms with Gasteiger partial charge < -0.3 is 4.90 Å². The van der Waals surface area contributed by atoms with Crippen LogP contribution >= 0.6 is 0 Å². The lowest BCUT2D eigenvalue weighted by molar-refractivity contribution is 0.0705. The summed E-state index contributed by atoms with van der Waals surface area (Å²) >= 11 is 0. The largest absolute Gasteiger partial charge is 0.345 e. The van der Waals surface area contributed by atoms with Crippen LogP contribution in [0.5, 0.6) is 0 Å². The molecule has 0 saturated carbocycles. The van der Waals surface area contributed by atoms with Crippen LogP contribution in [0.3, 0.4) is 0 Å². The van der Waals surface area contributed by atoms with Crippen molar-refractivity contribution in [1.82, 2.24) is 24.2 Å². The minimum absolute atomic E-state index is 0.0258. The number of piperidine rings is 1. The summed E-state index contributed by atoms with van der Waals surface area (Å²) in [7, 11) is 1.67. The Labute approximate surface area is 157 Å². The molecule has 1 aromatic carbocycles. The number of rotatable bonds is 3. The Hall–Kier alpha value is -2.96. The molecule has 0 radical (unpaired) electrons. The highest BCUT2D eigenvalue weighted by molar-refractivity contribution is 6.06. The molecule has 1 atom stereocenters. The molecule has 2 aromatic heterocycles. The fraction of sp³-hybridized carbons (Fsp3) is 0.400. The molecular weight excluding hydrogens is 342 g/mol. The van der Waals surface area contributed by atoms with Crippen molar-refractivity contribution < 1.29 is 4.79 Å². The van der Waals surface area contributed by atoms with E-state index in [2.05, 4.69) is 10.1 Å². The highest BCUT2D eigenvalue weighted by Gasteiger charge is 2.29. The van der Waals surface area contributed by atoms with Crippen LogP contribution < -0.4 is 5.69 Å². The van der Waals surface area contributed by atoms with Crippen LogP contribution in [0, 0.1) is 0 Å². The van der Waals surface area contributed by atoms with Crippen LogP contribution in [0.4, 0.5) is 0 Å². The second-order valence-corrected chi connectivity index (χ2v) is 7.00. The predicted octanol–water partition coefficient (Wildman–Crippen LogP) is 2.17. The summed E-state index contributed by atoms with van der Waals surface area (Å²) in [6, 6.07) is 7.62. The van der Waals surface area contributed by atoms with Gasteiger partial charge in [-0.3, -0.25) is 14.3 Å². The summed E-state index contributed by atoms with van der Waals surface area (Å²) in [6.45, 7) is 3.84. The number of amides is 1. The van der Waals surface area contributed by atoms with Crippen molar-refractivity contribution in [3.8, 4) is 0 Å². The Morgan fingerprint density at radius 3 is 2.96 bits per heavy atom. The molecule has 140 valence electrons. The maximum Gasteiger partial charge on any atom is 0.345 e. The number of hydrogen-bond acceptors (Lipinski definition) is 4. The van der Waals surface area contributed by atoms with E-state index < -0.39 is 0 Å². The molecule has 7 heteroatoms. The van der Waals surface area contributed by atoms with E-state index in [0.717, 1.165) is 36.0 Å². The van der Waals surface area contributed by atoms with Crippen molar-refractivity contribution in [2.24, 2.45) is 7.05 Å². The van der Waals surface area contributed by atoms with E-state index in [-0.39, 0.29) is 17.5 Å². The Morgan fingerprint density at radius 1 is 1.30 bits per heavy atom. The van der Waals surface area contributed by atoms with Gasteiger partial charge in [-0.2, -0.15) is 5.10 Å². The molecule has 3 aromatic rings. The van der Waals surface area contributed by atoms with Crippen molar-refractivity contribution in [3.63, 3.8) is 0 Å². The third-order valence-electron chi connectivity index (χ3n) is 5.34. The molecule has 0 bridgehead atoms. The number of likely N-dealkylation sites (tertiary alicyclic amines) is 1. The number of fused-ring (bicyclic) bond motifs is 1. The highest BCUT2D eigenvalue weighted by Crippen LogP contribution is 2.27. The molecule has 7 nitrogen and oxygen atoms in total. The maximum atomic E-state index is 13.2. The van der Waals surface area contributed by atoms with Gasteiger partial charge in [-0.1, -0.05) is 12.1 Å². The van der Waals surface area contributed by atoms with E-state index in [9.17, 15) is 9.59 Å². The molecule has 1 amide bonds. The van der Waals surface area contributed by atoms with Gasteiger partial charge in [0.2, 0.25) is 0 Å². The number of hydrogen-bond donors (Lipinski definition) is 0. The summed E-state index contributed by atoms with van der Waals surface area (Å²) in [4.78, 5) is 31.5. The van der Waals surface area contributed by atoms with Crippen molar-refractivity contribution in [3.05, 3.63) is 58.5 Å². The first-order valence-electron chi connectivity index (χ1n) is 9.36. The van der Waals surface area contributed by atoms with Gasteiger partial charge in [0.05, 0.1) is 0 Å². The number of carbonyl (C=O) groups excluding carboxylic acids is 1.